The van der Waals surface area contributed by atoms with Crippen molar-refractivity contribution >= 4 is 50.1 Å². The second-order valence-corrected chi connectivity index (χ2v) is 7.03. The van der Waals surface area contributed by atoms with E-state index in [1.54, 1.807) is 13.8 Å². The van der Waals surface area contributed by atoms with Gasteiger partial charge in [-0.2, -0.15) is 0 Å². The number of alkyl halides is 1. The smallest absolute Gasteiger partial charge is 0.129 e. The Labute approximate surface area is 139 Å². The third kappa shape index (κ3) is 3.31. The molecule has 0 nitrogen and oxygen atoms in total. The Kier molecular flexibility index (Phi) is 4.90. The van der Waals surface area contributed by atoms with Crippen molar-refractivity contribution in [2.24, 2.45) is 0 Å². The molecule has 2 aromatic rings. The first-order valence-corrected chi connectivity index (χ1v) is 8.06. The van der Waals surface area contributed by atoms with Crippen LogP contribution in [-0.2, 0) is 0 Å². The lowest BCUT2D eigenvalue weighted by molar-refractivity contribution is 0.608. The lowest BCUT2D eigenvalue weighted by atomic mass is 10.00. The molecule has 0 aliphatic heterocycles. The van der Waals surface area contributed by atoms with E-state index in [4.69, 9.17) is 11.6 Å². The van der Waals surface area contributed by atoms with Gasteiger partial charge in [0.25, 0.3) is 0 Å². The molecule has 0 fully saturated rings. The first-order chi connectivity index (χ1) is 8.90. The first-order valence-electron chi connectivity index (χ1n) is 5.76. The van der Waals surface area contributed by atoms with E-state index >= 15 is 0 Å². The van der Waals surface area contributed by atoms with Crippen LogP contribution in [0.2, 0.25) is 0 Å². The number of aryl methyl sites for hydroxylation is 2. The van der Waals surface area contributed by atoms with Gasteiger partial charge in [-0.25, -0.2) is 4.39 Å². The molecule has 1 atom stereocenters. The van der Waals surface area contributed by atoms with Crippen molar-refractivity contribution in [2.75, 3.05) is 0 Å². The van der Waals surface area contributed by atoms with Crippen molar-refractivity contribution in [3.8, 4) is 0 Å². The zero-order chi connectivity index (χ0) is 14.2. The molecule has 0 aliphatic carbocycles. The van der Waals surface area contributed by atoms with E-state index in [0.29, 0.717) is 11.1 Å². The summed E-state index contributed by atoms with van der Waals surface area (Å²) in [5.74, 6) is -0.158. The molecule has 2 rings (SSSR count). The summed E-state index contributed by atoms with van der Waals surface area (Å²) in [6, 6.07) is 9.66. The molecule has 0 saturated carbocycles. The molecule has 19 heavy (non-hydrogen) atoms. The standard InChI is InChI=1S/C15H12BrClFI/c1-8-5-10(6-9(2)15(8)18)14(17)12-7-11(19)3-4-13(12)16/h3-7,14H,1-2H3. The minimum Gasteiger partial charge on any atom is -0.206 e. The third-order valence-electron chi connectivity index (χ3n) is 2.98. The molecule has 2 aromatic carbocycles. The van der Waals surface area contributed by atoms with Gasteiger partial charge in [0.2, 0.25) is 0 Å². The molecule has 0 saturated heterocycles. The SMILES string of the molecule is Cc1cc(C(Cl)c2cc(I)ccc2Br)cc(C)c1F. The second-order valence-electron chi connectivity index (χ2n) is 4.50. The van der Waals surface area contributed by atoms with Crippen LogP contribution in [0.15, 0.2) is 34.8 Å². The van der Waals surface area contributed by atoms with Crippen molar-refractivity contribution in [2.45, 2.75) is 19.2 Å². The van der Waals surface area contributed by atoms with Gasteiger partial charge in [0.15, 0.2) is 0 Å². The van der Waals surface area contributed by atoms with Gasteiger partial charge < -0.3 is 0 Å². The van der Waals surface area contributed by atoms with E-state index in [9.17, 15) is 4.39 Å². The average Bonchev–Trinajstić information content (AvgIpc) is 2.37. The van der Waals surface area contributed by atoms with E-state index in [-0.39, 0.29) is 11.2 Å². The van der Waals surface area contributed by atoms with Gasteiger partial charge in [-0.05, 0) is 76.9 Å². The highest BCUT2D eigenvalue weighted by atomic mass is 127. The van der Waals surface area contributed by atoms with Crippen molar-refractivity contribution in [3.63, 3.8) is 0 Å². The topological polar surface area (TPSA) is 0 Å². The van der Waals surface area contributed by atoms with Crippen LogP contribution in [0.5, 0.6) is 0 Å². The van der Waals surface area contributed by atoms with Crippen LogP contribution >= 0.6 is 50.1 Å². The van der Waals surface area contributed by atoms with Crippen LogP contribution in [0.4, 0.5) is 4.39 Å². The summed E-state index contributed by atoms with van der Waals surface area (Å²) in [5, 5.41) is -0.290. The van der Waals surface area contributed by atoms with E-state index in [2.05, 4.69) is 38.5 Å². The van der Waals surface area contributed by atoms with Crippen molar-refractivity contribution < 1.29 is 4.39 Å². The maximum absolute atomic E-state index is 13.7. The Bertz CT molecular complexity index is 605. The van der Waals surface area contributed by atoms with E-state index in [1.165, 1.54) is 0 Å². The number of hydrogen-bond acceptors (Lipinski definition) is 0. The van der Waals surface area contributed by atoms with E-state index < -0.39 is 0 Å². The number of benzene rings is 2. The second kappa shape index (κ2) is 6.10. The Morgan fingerprint density at radius 2 is 1.74 bits per heavy atom. The fraction of sp³-hybridized carbons (Fsp3) is 0.200. The summed E-state index contributed by atoms with van der Waals surface area (Å²) in [6.45, 7) is 3.53. The van der Waals surface area contributed by atoms with Gasteiger partial charge in [-0.1, -0.05) is 28.1 Å². The number of rotatable bonds is 2. The van der Waals surface area contributed by atoms with Crippen molar-refractivity contribution in [3.05, 3.63) is 66.4 Å². The molecule has 100 valence electrons. The molecule has 0 heterocycles. The van der Waals surface area contributed by atoms with E-state index in [1.807, 2.05) is 30.3 Å². The Morgan fingerprint density at radius 3 is 2.32 bits per heavy atom. The predicted octanol–water partition coefficient (Wildman–Crippen LogP) is 6.14. The predicted molar refractivity (Wildman–Crippen MR) is 90.4 cm³/mol. The Balaban J connectivity index is 2.49. The Morgan fingerprint density at radius 1 is 1.16 bits per heavy atom. The van der Waals surface area contributed by atoms with Crippen LogP contribution in [0, 0.1) is 23.2 Å². The zero-order valence-corrected chi connectivity index (χ0v) is 15.0. The highest BCUT2D eigenvalue weighted by Crippen LogP contribution is 2.35. The molecule has 0 aliphatic rings. The molecule has 0 aromatic heterocycles. The highest BCUT2D eigenvalue weighted by molar-refractivity contribution is 14.1. The lowest BCUT2D eigenvalue weighted by Gasteiger charge is -2.15. The summed E-state index contributed by atoms with van der Waals surface area (Å²) < 4.78 is 15.8. The van der Waals surface area contributed by atoms with Gasteiger partial charge in [-0.15, -0.1) is 11.6 Å². The van der Waals surface area contributed by atoms with Crippen LogP contribution in [0.25, 0.3) is 0 Å². The van der Waals surface area contributed by atoms with Crippen LogP contribution < -0.4 is 0 Å². The zero-order valence-electron chi connectivity index (χ0n) is 10.5. The number of halogens is 4. The van der Waals surface area contributed by atoms with Gasteiger partial charge in [-0.3, -0.25) is 0 Å². The van der Waals surface area contributed by atoms with Crippen LogP contribution in [0.3, 0.4) is 0 Å². The van der Waals surface area contributed by atoms with Gasteiger partial charge in [0, 0.05) is 8.04 Å². The normalized spacial score (nSPS) is 12.5. The summed E-state index contributed by atoms with van der Waals surface area (Å²) >= 11 is 12.3. The molecule has 1 unspecified atom stereocenters. The summed E-state index contributed by atoms with van der Waals surface area (Å²) in [7, 11) is 0. The van der Waals surface area contributed by atoms with Gasteiger partial charge in [0.05, 0.1) is 5.38 Å². The van der Waals surface area contributed by atoms with E-state index in [0.717, 1.165) is 19.2 Å². The van der Waals surface area contributed by atoms with Crippen LogP contribution in [0.1, 0.15) is 27.6 Å². The van der Waals surface area contributed by atoms with Crippen molar-refractivity contribution in [1.29, 1.82) is 0 Å². The number of hydrogen-bond donors (Lipinski definition) is 0. The summed E-state index contributed by atoms with van der Waals surface area (Å²) in [6.07, 6.45) is 0. The molecule has 0 radical (unpaired) electrons. The molecule has 0 N–H and O–H groups in total. The molecule has 4 heteroatoms. The minimum atomic E-state index is -0.290. The van der Waals surface area contributed by atoms with Gasteiger partial charge in [0.1, 0.15) is 5.82 Å². The molecular formula is C15H12BrClFI. The average molecular weight is 454 g/mol. The molecule has 0 spiro atoms. The maximum Gasteiger partial charge on any atom is 0.129 e. The Hall–Kier alpha value is -0.130. The first kappa shape index (κ1) is 15.3. The maximum atomic E-state index is 13.7. The fourth-order valence-electron chi connectivity index (χ4n) is 2.01. The summed E-state index contributed by atoms with van der Waals surface area (Å²) in [4.78, 5) is 0. The minimum absolute atomic E-state index is 0.158. The lowest BCUT2D eigenvalue weighted by Crippen LogP contribution is -1.99. The van der Waals surface area contributed by atoms with Crippen LogP contribution in [-0.4, -0.2) is 0 Å². The van der Waals surface area contributed by atoms with Crippen molar-refractivity contribution in [1.82, 2.24) is 0 Å². The largest absolute Gasteiger partial charge is 0.206 e. The highest BCUT2D eigenvalue weighted by Gasteiger charge is 2.16. The monoisotopic (exact) mass is 452 g/mol. The third-order valence-corrected chi connectivity index (χ3v) is 4.86. The van der Waals surface area contributed by atoms with Gasteiger partial charge >= 0.3 is 0 Å². The quantitative estimate of drug-likeness (QED) is 0.379. The fourth-order valence-corrected chi connectivity index (χ4v) is 3.44. The molecule has 0 bridgehead atoms. The molecule has 0 amide bonds. The summed E-state index contributed by atoms with van der Waals surface area (Å²) in [5.41, 5.74) is 3.17. The molecular weight excluding hydrogens is 441 g/mol.